The standard InChI is InChI=1S/C11H9N3O3/c12-10-9(5-15)11(14-6-13-10)17-8-3-1-7(16)2-4-8/h1-6,16H,(H2,12,13,14). The van der Waals surface area contributed by atoms with E-state index in [9.17, 15) is 4.79 Å². The third kappa shape index (κ3) is 2.31. The van der Waals surface area contributed by atoms with E-state index in [0.29, 0.717) is 12.0 Å². The summed E-state index contributed by atoms with van der Waals surface area (Å²) in [6, 6.07) is 6.01. The molecule has 1 heterocycles. The molecular formula is C11H9N3O3. The first kappa shape index (κ1) is 10.9. The van der Waals surface area contributed by atoms with Crippen LogP contribution in [0.25, 0.3) is 0 Å². The monoisotopic (exact) mass is 231 g/mol. The van der Waals surface area contributed by atoms with Gasteiger partial charge in [0.1, 0.15) is 29.2 Å². The zero-order valence-corrected chi connectivity index (χ0v) is 8.70. The Morgan fingerprint density at radius 3 is 2.59 bits per heavy atom. The summed E-state index contributed by atoms with van der Waals surface area (Å²) >= 11 is 0. The van der Waals surface area contributed by atoms with E-state index in [0.717, 1.165) is 0 Å². The van der Waals surface area contributed by atoms with E-state index in [1.807, 2.05) is 0 Å². The number of hydrogen-bond acceptors (Lipinski definition) is 6. The largest absolute Gasteiger partial charge is 0.508 e. The van der Waals surface area contributed by atoms with E-state index in [4.69, 9.17) is 15.6 Å². The van der Waals surface area contributed by atoms with Crippen LogP contribution in [0.2, 0.25) is 0 Å². The summed E-state index contributed by atoms with van der Waals surface area (Å²) in [6.07, 6.45) is 1.74. The van der Waals surface area contributed by atoms with Gasteiger partial charge in [0.2, 0.25) is 5.88 Å². The van der Waals surface area contributed by atoms with Gasteiger partial charge in [-0.05, 0) is 24.3 Å². The lowest BCUT2D eigenvalue weighted by molar-refractivity contribution is 0.112. The number of carbonyl (C=O) groups excluding carboxylic acids is 1. The topological polar surface area (TPSA) is 98.3 Å². The minimum atomic E-state index is 0.0591. The van der Waals surface area contributed by atoms with Gasteiger partial charge in [-0.1, -0.05) is 0 Å². The van der Waals surface area contributed by atoms with Crippen molar-refractivity contribution in [3.8, 4) is 17.4 Å². The van der Waals surface area contributed by atoms with E-state index < -0.39 is 0 Å². The summed E-state index contributed by atoms with van der Waals surface area (Å²) in [5.41, 5.74) is 5.61. The van der Waals surface area contributed by atoms with Crippen molar-refractivity contribution >= 4 is 12.1 Å². The SMILES string of the molecule is Nc1ncnc(Oc2ccc(O)cc2)c1C=O. The van der Waals surface area contributed by atoms with Crippen LogP contribution < -0.4 is 10.5 Å². The third-order valence-corrected chi connectivity index (χ3v) is 2.05. The lowest BCUT2D eigenvalue weighted by Gasteiger charge is -2.07. The molecule has 1 aromatic heterocycles. The van der Waals surface area contributed by atoms with Crippen molar-refractivity contribution in [2.75, 3.05) is 5.73 Å². The van der Waals surface area contributed by atoms with Crippen LogP contribution in [-0.4, -0.2) is 21.4 Å². The van der Waals surface area contributed by atoms with Gasteiger partial charge >= 0.3 is 0 Å². The van der Waals surface area contributed by atoms with E-state index in [2.05, 4.69) is 9.97 Å². The Hall–Kier alpha value is -2.63. The number of phenolic OH excluding ortho intramolecular Hbond substituents is 1. The van der Waals surface area contributed by atoms with E-state index in [-0.39, 0.29) is 23.0 Å². The smallest absolute Gasteiger partial charge is 0.235 e. The van der Waals surface area contributed by atoms with Gasteiger partial charge in [0, 0.05) is 0 Å². The molecule has 6 heteroatoms. The predicted molar refractivity (Wildman–Crippen MR) is 60.0 cm³/mol. The molecule has 0 aliphatic heterocycles. The Labute approximate surface area is 96.7 Å². The quantitative estimate of drug-likeness (QED) is 0.774. The lowest BCUT2D eigenvalue weighted by atomic mass is 10.3. The van der Waals surface area contributed by atoms with Crippen LogP contribution in [0.4, 0.5) is 5.82 Å². The van der Waals surface area contributed by atoms with Crippen molar-refractivity contribution in [1.29, 1.82) is 0 Å². The Kier molecular flexibility index (Phi) is 2.87. The van der Waals surface area contributed by atoms with E-state index in [1.54, 1.807) is 12.1 Å². The molecule has 3 N–H and O–H groups in total. The number of rotatable bonds is 3. The number of aldehydes is 1. The van der Waals surface area contributed by atoms with E-state index in [1.165, 1.54) is 18.5 Å². The molecule has 0 amide bonds. The summed E-state index contributed by atoms with van der Waals surface area (Å²) in [7, 11) is 0. The fourth-order valence-corrected chi connectivity index (χ4v) is 1.21. The summed E-state index contributed by atoms with van der Waals surface area (Å²) in [5, 5.41) is 9.11. The van der Waals surface area contributed by atoms with Gasteiger partial charge in [-0.2, -0.15) is 0 Å². The van der Waals surface area contributed by atoms with Crippen molar-refractivity contribution in [2.24, 2.45) is 0 Å². The molecule has 0 unspecified atom stereocenters. The third-order valence-electron chi connectivity index (χ3n) is 2.05. The first-order chi connectivity index (χ1) is 8.20. The van der Waals surface area contributed by atoms with Gasteiger partial charge in [0.05, 0.1) is 0 Å². The number of nitrogen functional groups attached to an aromatic ring is 1. The van der Waals surface area contributed by atoms with Crippen LogP contribution in [0.1, 0.15) is 10.4 Å². The van der Waals surface area contributed by atoms with Crippen molar-refractivity contribution in [3.63, 3.8) is 0 Å². The zero-order chi connectivity index (χ0) is 12.3. The van der Waals surface area contributed by atoms with Gasteiger partial charge in [0.25, 0.3) is 0 Å². The molecule has 86 valence electrons. The number of hydrogen-bond donors (Lipinski definition) is 2. The van der Waals surface area contributed by atoms with Gasteiger partial charge in [-0.3, -0.25) is 4.79 Å². The molecule has 6 nitrogen and oxygen atoms in total. The number of ether oxygens (including phenoxy) is 1. The minimum absolute atomic E-state index is 0.0591. The van der Waals surface area contributed by atoms with Crippen molar-refractivity contribution in [3.05, 3.63) is 36.2 Å². The maximum absolute atomic E-state index is 10.8. The fraction of sp³-hybridized carbons (Fsp3) is 0. The lowest BCUT2D eigenvalue weighted by Crippen LogP contribution is -2.01. The maximum Gasteiger partial charge on any atom is 0.235 e. The Morgan fingerprint density at radius 1 is 1.24 bits per heavy atom. The molecule has 0 bridgehead atoms. The number of anilines is 1. The van der Waals surface area contributed by atoms with Crippen LogP contribution in [-0.2, 0) is 0 Å². The number of aromatic hydroxyl groups is 1. The first-order valence-electron chi connectivity index (χ1n) is 4.73. The summed E-state index contributed by atoms with van der Waals surface area (Å²) in [6.45, 7) is 0. The highest BCUT2D eigenvalue weighted by molar-refractivity contribution is 5.84. The van der Waals surface area contributed by atoms with Gasteiger partial charge in [-0.15, -0.1) is 0 Å². The van der Waals surface area contributed by atoms with Gasteiger partial charge in [0.15, 0.2) is 6.29 Å². The van der Waals surface area contributed by atoms with Crippen molar-refractivity contribution in [2.45, 2.75) is 0 Å². The highest BCUT2D eigenvalue weighted by Crippen LogP contribution is 2.25. The number of benzene rings is 1. The molecule has 0 aliphatic rings. The molecule has 2 rings (SSSR count). The van der Waals surface area contributed by atoms with Crippen molar-refractivity contribution in [1.82, 2.24) is 9.97 Å². The molecular weight excluding hydrogens is 222 g/mol. The van der Waals surface area contributed by atoms with Crippen LogP contribution >= 0.6 is 0 Å². The molecule has 0 atom stereocenters. The number of nitrogens with two attached hydrogens (primary N) is 1. The molecule has 0 radical (unpaired) electrons. The van der Waals surface area contributed by atoms with Gasteiger partial charge < -0.3 is 15.6 Å². The van der Waals surface area contributed by atoms with Crippen LogP contribution in [0.15, 0.2) is 30.6 Å². The second-order valence-corrected chi connectivity index (χ2v) is 3.19. The normalized spacial score (nSPS) is 9.88. The zero-order valence-electron chi connectivity index (χ0n) is 8.70. The number of carbonyl (C=O) groups is 1. The maximum atomic E-state index is 10.8. The average Bonchev–Trinajstić information content (AvgIpc) is 2.32. The van der Waals surface area contributed by atoms with Crippen molar-refractivity contribution < 1.29 is 14.6 Å². The molecule has 0 aliphatic carbocycles. The minimum Gasteiger partial charge on any atom is -0.508 e. The number of nitrogens with zero attached hydrogens (tertiary/aromatic N) is 2. The molecule has 2 aromatic rings. The Morgan fingerprint density at radius 2 is 1.94 bits per heavy atom. The van der Waals surface area contributed by atoms with Crippen LogP contribution in [0.5, 0.6) is 17.4 Å². The van der Waals surface area contributed by atoms with Gasteiger partial charge in [-0.25, -0.2) is 9.97 Å². The number of phenols is 1. The molecule has 0 fully saturated rings. The molecule has 1 aromatic carbocycles. The first-order valence-corrected chi connectivity index (χ1v) is 4.73. The van der Waals surface area contributed by atoms with E-state index >= 15 is 0 Å². The Balaban J connectivity index is 2.33. The summed E-state index contributed by atoms with van der Waals surface area (Å²) in [4.78, 5) is 18.3. The van der Waals surface area contributed by atoms with Crippen LogP contribution in [0.3, 0.4) is 0 Å². The second-order valence-electron chi connectivity index (χ2n) is 3.19. The summed E-state index contributed by atoms with van der Waals surface area (Å²) < 4.78 is 5.36. The fourth-order valence-electron chi connectivity index (χ4n) is 1.21. The number of aromatic nitrogens is 2. The molecule has 0 saturated heterocycles. The van der Waals surface area contributed by atoms with Crippen LogP contribution in [0, 0.1) is 0 Å². The predicted octanol–water partition coefficient (Wildman–Crippen LogP) is 1.37. The molecule has 17 heavy (non-hydrogen) atoms. The highest BCUT2D eigenvalue weighted by Gasteiger charge is 2.10. The Bertz CT molecular complexity index is 540. The average molecular weight is 231 g/mol. The molecule has 0 saturated carbocycles. The summed E-state index contributed by atoms with van der Waals surface area (Å²) in [5.74, 6) is 0.695. The molecule has 0 spiro atoms. The second kappa shape index (κ2) is 4.48. The highest BCUT2D eigenvalue weighted by atomic mass is 16.5.